The molecule has 0 radical (unpaired) electrons. The lowest BCUT2D eigenvalue weighted by Gasteiger charge is -2.21. The molecule has 0 spiro atoms. The zero-order chi connectivity index (χ0) is 18.0. The van der Waals surface area contributed by atoms with Gasteiger partial charge in [0.15, 0.2) is 0 Å². The van der Waals surface area contributed by atoms with Crippen LogP contribution in [0, 0.1) is 5.92 Å². The Labute approximate surface area is 144 Å². The fourth-order valence-electron chi connectivity index (χ4n) is 2.62. The van der Waals surface area contributed by atoms with Gasteiger partial charge in [-0.25, -0.2) is 9.67 Å². The predicted molar refractivity (Wildman–Crippen MR) is 92.4 cm³/mol. The molecule has 130 valence electrons. The molecule has 1 aromatic carbocycles. The van der Waals surface area contributed by atoms with E-state index >= 15 is 0 Å². The lowest BCUT2D eigenvalue weighted by molar-refractivity contribution is 0.0916. The maximum absolute atomic E-state index is 12.6. The highest BCUT2D eigenvalue weighted by Crippen LogP contribution is 2.19. The third-order valence-electron chi connectivity index (χ3n) is 3.96. The number of nitrogens with zero attached hydrogens (tertiary/aromatic N) is 4. The number of hydrogen-bond donors (Lipinski definition) is 2. The van der Waals surface area contributed by atoms with Crippen molar-refractivity contribution >= 4 is 5.91 Å². The van der Waals surface area contributed by atoms with Crippen LogP contribution in [0.1, 0.15) is 36.2 Å². The number of aryl methyl sites for hydroxylation is 1. The van der Waals surface area contributed by atoms with E-state index in [9.17, 15) is 9.59 Å². The van der Waals surface area contributed by atoms with Crippen LogP contribution in [0.25, 0.3) is 5.69 Å². The Hall–Kier alpha value is -3.16. The summed E-state index contributed by atoms with van der Waals surface area (Å²) in [6, 6.07) is 10.1. The summed E-state index contributed by atoms with van der Waals surface area (Å²) in [6.07, 6.45) is 1.45. The molecule has 0 saturated carbocycles. The number of carbonyl (C=O) groups is 1. The van der Waals surface area contributed by atoms with Crippen molar-refractivity contribution in [3.05, 3.63) is 64.6 Å². The van der Waals surface area contributed by atoms with Crippen molar-refractivity contribution in [1.82, 2.24) is 29.9 Å². The van der Waals surface area contributed by atoms with E-state index in [-0.39, 0.29) is 29.1 Å². The molecule has 0 bridgehead atoms. The number of hydrogen-bond acceptors (Lipinski definition) is 4. The first-order chi connectivity index (χ1) is 12.0. The fraction of sp³-hybridized carbons (Fsp3) is 0.294. The summed E-state index contributed by atoms with van der Waals surface area (Å²) in [6.45, 7) is 3.97. The van der Waals surface area contributed by atoms with E-state index < -0.39 is 0 Å². The van der Waals surface area contributed by atoms with Crippen molar-refractivity contribution in [3.8, 4) is 5.69 Å². The molecule has 2 heterocycles. The molecule has 3 aromatic rings. The molecule has 0 aliphatic rings. The van der Waals surface area contributed by atoms with Gasteiger partial charge < -0.3 is 5.32 Å². The molecule has 8 nitrogen and oxygen atoms in total. The third kappa shape index (κ3) is 3.37. The number of H-pyrrole nitrogens is 1. The second kappa shape index (κ2) is 6.76. The molecule has 8 heteroatoms. The maximum Gasteiger partial charge on any atom is 0.271 e. The molecule has 1 unspecified atom stereocenters. The van der Waals surface area contributed by atoms with Gasteiger partial charge >= 0.3 is 0 Å². The second-order valence-electron chi connectivity index (χ2n) is 6.12. The SMILES string of the molecule is CC(C)C(NC(=O)c1cc(=O)n(-c2ccccc2)[nH]1)c1ncnn1C. The summed E-state index contributed by atoms with van der Waals surface area (Å²) in [5.41, 5.74) is 0.568. The Morgan fingerprint density at radius 2 is 1.96 bits per heavy atom. The van der Waals surface area contributed by atoms with E-state index in [4.69, 9.17) is 0 Å². The van der Waals surface area contributed by atoms with Crippen LogP contribution in [0.5, 0.6) is 0 Å². The minimum Gasteiger partial charge on any atom is -0.340 e. The van der Waals surface area contributed by atoms with Crippen LogP contribution in [-0.4, -0.2) is 30.5 Å². The Bertz CT molecular complexity index is 922. The average Bonchev–Trinajstić information content (AvgIpc) is 3.19. The van der Waals surface area contributed by atoms with E-state index in [1.54, 1.807) is 23.9 Å². The maximum atomic E-state index is 12.6. The summed E-state index contributed by atoms with van der Waals surface area (Å²) in [5.74, 6) is 0.399. The average molecular weight is 340 g/mol. The van der Waals surface area contributed by atoms with Crippen LogP contribution in [0.15, 0.2) is 47.5 Å². The molecule has 2 aromatic heterocycles. The summed E-state index contributed by atoms with van der Waals surface area (Å²) in [4.78, 5) is 29.0. The highest BCUT2D eigenvalue weighted by atomic mass is 16.2. The van der Waals surface area contributed by atoms with Gasteiger partial charge in [-0.05, 0) is 18.1 Å². The molecule has 0 fully saturated rings. The van der Waals surface area contributed by atoms with Gasteiger partial charge in [0.05, 0.1) is 11.7 Å². The third-order valence-corrected chi connectivity index (χ3v) is 3.96. The fourth-order valence-corrected chi connectivity index (χ4v) is 2.62. The van der Waals surface area contributed by atoms with Crippen molar-refractivity contribution in [2.75, 3.05) is 0 Å². The molecule has 1 amide bonds. The Morgan fingerprint density at radius 3 is 2.56 bits per heavy atom. The van der Waals surface area contributed by atoms with Gasteiger partial charge in [0, 0.05) is 13.1 Å². The lowest BCUT2D eigenvalue weighted by Crippen LogP contribution is -2.34. The van der Waals surface area contributed by atoms with Gasteiger partial charge in [-0.1, -0.05) is 32.0 Å². The van der Waals surface area contributed by atoms with Crippen LogP contribution in [-0.2, 0) is 7.05 Å². The normalized spacial score (nSPS) is 12.3. The molecular formula is C17H20N6O2. The number of rotatable bonds is 5. The largest absolute Gasteiger partial charge is 0.340 e. The minimum atomic E-state index is -0.367. The number of nitrogens with one attached hydrogen (secondary N) is 2. The zero-order valence-corrected chi connectivity index (χ0v) is 14.3. The van der Waals surface area contributed by atoms with E-state index in [0.717, 1.165) is 0 Å². The lowest BCUT2D eigenvalue weighted by atomic mass is 10.0. The standard InChI is InChI=1S/C17H20N6O2/c1-11(2)15(16-18-10-19-22(16)3)20-17(25)13-9-14(24)23(21-13)12-7-5-4-6-8-12/h4-11,15,21H,1-3H3,(H,20,25). The zero-order valence-electron chi connectivity index (χ0n) is 14.3. The van der Waals surface area contributed by atoms with E-state index in [1.165, 1.54) is 17.1 Å². The van der Waals surface area contributed by atoms with Gasteiger partial charge in [-0.3, -0.25) is 19.4 Å². The van der Waals surface area contributed by atoms with Gasteiger partial charge in [0.1, 0.15) is 17.8 Å². The van der Waals surface area contributed by atoms with Gasteiger partial charge in [-0.2, -0.15) is 5.10 Å². The summed E-state index contributed by atoms with van der Waals surface area (Å²) in [5, 5.41) is 9.82. The van der Waals surface area contributed by atoms with Crippen molar-refractivity contribution in [1.29, 1.82) is 0 Å². The first-order valence-electron chi connectivity index (χ1n) is 7.99. The van der Waals surface area contributed by atoms with Crippen LogP contribution in [0.4, 0.5) is 0 Å². The summed E-state index contributed by atoms with van der Waals surface area (Å²) >= 11 is 0. The number of benzene rings is 1. The highest BCUT2D eigenvalue weighted by molar-refractivity contribution is 5.92. The van der Waals surface area contributed by atoms with Gasteiger partial charge in [0.25, 0.3) is 11.5 Å². The molecule has 0 aliphatic carbocycles. The molecule has 0 saturated heterocycles. The number of carbonyl (C=O) groups excluding carboxylic acids is 1. The second-order valence-corrected chi connectivity index (χ2v) is 6.12. The molecule has 0 aliphatic heterocycles. The number of aromatic amines is 1. The number of aromatic nitrogens is 5. The van der Waals surface area contributed by atoms with Crippen LogP contribution in [0.2, 0.25) is 0 Å². The van der Waals surface area contributed by atoms with Crippen molar-refractivity contribution in [2.24, 2.45) is 13.0 Å². The molecule has 1 atom stereocenters. The van der Waals surface area contributed by atoms with E-state index in [0.29, 0.717) is 11.5 Å². The van der Waals surface area contributed by atoms with E-state index in [2.05, 4.69) is 20.5 Å². The number of amides is 1. The summed E-state index contributed by atoms with van der Waals surface area (Å²) < 4.78 is 2.96. The molecule has 3 rings (SSSR count). The molecular weight excluding hydrogens is 320 g/mol. The van der Waals surface area contributed by atoms with Crippen molar-refractivity contribution in [3.63, 3.8) is 0 Å². The first-order valence-corrected chi connectivity index (χ1v) is 7.99. The summed E-state index contributed by atoms with van der Waals surface area (Å²) in [7, 11) is 1.78. The topological polar surface area (TPSA) is 97.6 Å². The van der Waals surface area contributed by atoms with Crippen LogP contribution >= 0.6 is 0 Å². The van der Waals surface area contributed by atoms with Crippen molar-refractivity contribution < 1.29 is 4.79 Å². The first kappa shape index (κ1) is 16.7. The smallest absolute Gasteiger partial charge is 0.271 e. The minimum absolute atomic E-state index is 0.106. The predicted octanol–water partition coefficient (Wildman–Crippen LogP) is 1.42. The quantitative estimate of drug-likeness (QED) is 0.734. The Kier molecular flexibility index (Phi) is 4.51. The van der Waals surface area contributed by atoms with Crippen molar-refractivity contribution in [2.45, 2.75) is 19.9 Å². The number of para-hydroxylation sites is 1. The monoisotopic (exact) mass is 340 g/mol. The van der Waals surface area contributed by atoms with E-state index in [1.807, 2.05) is 32.0 Å². The Balaban J connectivity index is 1.86. The van der Waals surface area contributed by atoms with Crippen LogP contribution < -0.4 is 10.9 Å². The van der Waals surface area contributed by atoms with Gasteiger partial charge in [-0.15, -0.1) is 0 Å². The van der Waals surface area contributed by atoms with Crippen LogP contribution in [0.3, 0.4) is 0 Å². The highest BCUT2D eigenvalue weighted by Gasteiger charge is 2.24. The Morgan fingerprint density at radius 1 is 1.24 bits per heavy atom. The van der Waals surface area contributed by atoms with Gasteiger partial charge in [0.2, 0.25) is 0 Å². The molecule has 25 heavy (non-hydrogen) atoms. The molecule has 2 N–H and O–H groups in total.